The Labute approximate surface area is 153 Å². The maximum atomic E-state index is 12.6. The van der Waals surface area contributed by atoms with Crippen molar-refractivity contribution in [2.45, 2.75) is 25.4 Å². The van der Waals surface area contributed by atoms with Crippen LogP contribution >= 0.6 is 0 Å². The van der Waals surface area contributed by atoms with E-state index in [-0.39, 0.29) is 18.2 Å². The Morgan fingerprint density at radius 2 is 2.19 bits per heavy atom. The molecule has 1 N–H and O–H groups in total. The zero-order valence-corrected chi connectivity index (χ0v) is 15.0. The average Bonchev–Trinajstić information content (AvgIpc) is 2.67. The van der Waals surface area contributed by atoms with Crippen LogP contribution in [-0.4, -0.2) is 54.7 Å². The number of urea groups is 1. The molecule has 0 spiro atoms. The molecule has 0 radical (unpaired) electrons. The minimum atomic E-state index is -0.333. The molecule has 7 nitrogen and oxygen atoms in total. The van der Waals surface area contributed by atoms with Crippen LogP contribution in [0.15, 0.2) is 36.9 Å². The molecule has 138 valence electrons. The highest BCUT2D eigenvalue weighted by atomic mass is 16.5. The normalized spacial score (nSPS) is 14.2. The predicted octanol–water partition coefficient (Wildman–Crippen LogP) is 2.49. The van der Waals surface area contributed by atoms with E-state index in [0.29, 0.717) is 44.6 Å². The van der Waals surface area contributed by atoms with Gasteiger partial charge in [-0.2, -0.15) is 5.26 Å². The van der Waals surface area contributed by atoms with Crippen LogP contribution in [0.1, 0.15) is 24.0 Å². The summed E-state index contributed by atoms with van der Waals surface area (Å²) >= 11 is 0. The number of methoxy groups -OCH3 is 1. The predicted molar refractivity (Wildman–Crippen MR) is 97.3 cm³/mol. The Morgan fingerprint density at radius 3 is 2.81 bits per heavy atom. The maximum Gasteiger partial charge on any atom is 0.409 e. The van der Waals surface area contributed by atoms with Crippen molar-refractivity contribution in [1.29, 1.82) is 5.26 Å². The number of hydrogen-bond acceptors (Lipinski definition) is 4. The van der Waals surface area contributed by atoms with E-state index in [1.165, 1.54) is 7.11 Å². The molecular formula is C19H24N4O3. The van der Waals surface area contributed by atoms with Gasteiger partial charge < -0.3 is 19.9 Å². The van der Waals surface area contributed by atoms with Gasteiger partial charge in [-0.15, -0.1) is 6.58 Å². The van der Waals surface area contributed by atoms with Gasteiger partial charge in [-0.1, -0.05) is 18.2 Å². The smallest absolute Gasteiger partial charge is 0.409 e. The Kier molecular flexibility index (Phi) is 7.03. The van der Waals surface area contributed by atoms with Crippen LogP contribution in [0.3, 0.4) is 0 Å². The molecule has 0 aromatic heterocycles. The molecule has 0 bridgehead atoms. The van der Waals surface area contributed by atoms with Crippen molar-refractivity contribution in [3.8, 4) is 6.07 Å². The molecule has 26 heavy (non-hydrogen) atoms. The van der Waals surface area contributed by atoms with Crippen LogP contribution in [0, 0.1) is 11.3 Å². The Bertz CT molecular complexity index is 690. The summed E-state index contributed by atoms with van der Waals surface area (Å²) < 4.78 is 4.72. The second-order valence-corrected chi connectivity index (χ2v) is 6.16. The largest absolute Gasteiger partial charge is 0.453 e. The van der Waals surface area contributed by atoms with Crippen LogP contribution in [0.4, 0.5) is 9.59 Å². The van der Waals surface area contributed by atoms with Gasteiger partial charge in [-0.3, -0.25) is 0 Å². The molecule has 0 atom stereocenters. The van der Waals surface area contributed by atoms with E-state index in [1.807, 2.05) is 6.07 Å². The lowest BCUT2D eigenvalue weighted by molar-refractivity contribution is 0.109. The summed E-state index contributed by atoms with van der Waals surface area (Å²) in [6.45, 7) is 5.63. The molecule has 1 aromatic rings. The molecule has 3 amide bonds. The number of piperidine rings is 1. The lowest BCUT2D eigenvalue weighted by Gasteiger charge is -2.32. The zero-order chi connectivity index (χ0) is 18.9. The number of nitriles is 1. The van der Waals surface area contributed by atoms with E-state index in [1.54, 1.807) is 34.1 Å². The van der Waals surface area contributed by atoms with E-state index < -0.39 is 0 Å². The molecule has 2 rings (SSSR count). The van der Waals surface area contributed by atoms with E-state index in [9.17, 15) is 9.59 Å². The molecule has 0 saturated carbocycles. The van der Waals surface area contributed by atoms with Gasteiger partial charge >= 0.3 is 12.1 Å². The Hall–Kier alpha value is -3.01. The number of nitrogens with zero attached hydrogens (tertiary/aromatic N) is 3. The van der Waals surface area contributed by atoms with Gasteiger partial charge in [0.15, 0.2) is 0 Å². The number of benzene rings is 1. The molecule has 1 aromatic carbocycles. The first-order valence-corrected chi connectivity index (χ1v) is 8.55. The molecular weight excluding hydrogens is 332 g/mol. The van der Waals surface area contributed by atoms with Crippen molar-refractivity contribution in [3.05, 3.63) is 48.0 Å². The van der Waals surface area contributed by atoms with Gasteiger partial charge in [0.1, 0.15) is 0 Å². The van der Waals surface area contributed by atoms with Crippen molar-refractivity contribution < 1.29 is 14.3 Å². The van der Waals surface area contributed by atoms with Crippen LogP contribution in [0.5, 0.6) is 0 Å². The van der Waals surface area contributed by atoms with Gasteiger partial charge in [0.25, 0.3) is 0 Å². The third kappa shape index (κ3) is 5.24. The first kappa shape index (κ1) is 19.3. The first-order chi connectivity index (χ1) is 12.6. The molecule has 0 aliphatic carbocycles. The monoisotopic (exact) mass is 356 g/mol. The van der Waals surface area contributed by atoms with Gasteiger partial charge in [0, 0.05) is 32.2 Å². The maximum absolute atomic E-state index is 12.6. The lowest BCUT2D eigenvalue weighted by atomic mass is 10.1. The number of likely N-dealkylation sites (tertiary alicyclic amines) is 1. The highest BCUT2D eigenvalue weighted by Gasteiger charge is 2.25. The van der Waals surface area contributed by atoms with E-state index in [0.717, 1.165) is 5.56 Å². The topological polar surface area (TPSA) is 85.7 Å². The number of amides is 3. The summed E-state index contributed by atoms with van der Waals surface area (Å²) in [5.74, 6) is 0. The minimum absolute atomic E-state index is 0.0150. The zero-order valence-electron chi connectivity index (χ0n) is 15.0. The van der Waals surface area contributed by atoms with E-state index >= 15 is 0 Å². The summed E-state index contributed by atoms with van der Waals surface area (Å²) in [5.41, 5.74) is 1.46. The van der Waals surface area contributed by atoms with Gasteiger partial charge in [0.05, 0.1) is 18.7 Å². The van der Waals surface area contributed by atoms with Gasteiger partial charge in [-0.05, 0) is 30.5 Å². The molecule has 0 unspecified atom stereocenters. The Morgan fingerprint density at radius 1 is 1.46 bits per heavy atom. The number of hydrogen-bond donors (Lipinski definition) is 1. The number of carbonyl (C=O) groups excluding carboxylic acids is 2. The standard InChI is InChI=1S/C19H24N4O3/c1-3-9-23(14-16-6-4-5-15(12-16)13-20)18(24)21-17-7-10-22(11-8-17)19(25)26-2/h3-6,12,17H,1,7-11,14H2,2H3,(H,21,24). The molecule has 1 aliphatic rings. The van der Waals surface area contributed by atoms with Crippen molar-refractivity contribution in [3.63, 3.8) is 0 Å². The molecule has 7 heteroatoms. The molecule has 1 heterocycles. The SMILES string of the molecule is C=CCN(Cc1cccc(C#N)c1)C(=O)NC1CCN(C(=O)OC)CC1. The highest BCUT2D eigenvalue weighted by Crippen LogP contribution is 2.13. The summed E-state index contributed by atoms with van der Waals surface area (Å²) in [6.07, 6.45) is 2.72. The fourth-order valence-electron chi connectivity index (χ4n) is 2.94. The molecule has 1 fully saturated rings. The van der Waals surface area contributed by atoms with Crippen LogP contribution in [-0.2, 0) is 11.3 Å². The minimum Gasteiger partial charge on any atom is -0.453 e. The number of ether oxygens (including phenoxy) is 1. The van der Waals surface area contributed by atoms with Gasteiger partial charge in [0.2, 0.25) is 0 Å². The molecule has 1 saturated heterocycles. The first-order valence-electron chi connectivity index (χ1n) is 8.55. The van der Waals surface area contributed by atoms with Gasteiger partial charge in [-0.25, -0.2) is 9.59 Å². The van der Waals surface area contributed by atoms with Crippen molar-refractivity contribution in [1.82, 2.24) is 15.1 Å². The summed E-state index contributed by atoms with van der Waals surface area (Å²) in [5, 5.41) is 12.0. The summed E-state index contributed by atoms with van der Waals surface area (Å²) in [4.78, 5) is 27.4. The van der Waals surface area contributed by atoms with Crippen LogP contribution < -0.4 is 5.32 Å². The number of rotatable bonds is 5. The van der Waals surface area contributed by atoms with E-state index in [4.69, 9.17) is 10.00 Å². The fourth-order valence-corrected chi connectivity index (χ4v) is 2.94. The Balaban J connectivity index is 1.93. The third-order valence-electron chi connectivity index (χ3n) is 4.32. The third-order valence-corrected chi connectivity index (χ3v) is 4.32. The summed E-state index contributed by atoms with van der Waals surface area (Å²) in [7, 11) is 1.37. The quantitative estimate of drug-likeness (QED) is 0.821. The second-order valence-electron chi connectivity index (χ2n) is 6.16. The highest BCUT2D eigenvalue weighted by molar-refractivity contribution is 5.75. The second kappa shape index (κ2) is 9.47. The summed E-state index contributed by atoms with van der Waals surface area (Å²) in [6, 6.07) is 9.14. The fraction of sp³-hybridized carbons (Fsp3) is 0.421. The van der Waals surface area contributed by atoms with Crippen molar-refractivity contribution in [2.75, 3.05) is 26.7 Å². The lowest BCUT2D eigenvalue weighted by Crippen LogP contribution is -2.50. The number of carbonyl (C=O) groups is 2. The molecule has 1 aliphatic heterocycles. The average molecular weight is 356 g/mol. The van der Waals surface area contributed by atoms with Crippen molar-refractivity contribution in [2.24, 2.45) is 0 Å². The van der Waals surface area contributed by atoms with Crippen LogP contribution in [0.2, 0.25) is 0 Å². The number of nitrogens with one attached hydrogen (secondary N) is 1. The van der Waals surface area contributed by atoms with Crippen molar-refractivity contribution >= 4 is 12.1 Å². The van der Waals surface area contributed by atoms with E-state index in [2.05, 4.69) is 18.0 Å². The van der Waals surface area contributed by atoms with Crippen LogP contribution in [0.25, 0.3) is 0 Å².